The van der Waals surface area contributed by atoms with Gasteiger partial charge in [0.1, 0.15) is 11.4 Å². The first-order chi connectivity index (χ1) is 13.2. The highest BCUT2D eigenvalue weighted by Gasteiger charge is 2.29. The topological polar surface area (TPSA) is 85.4 Å². The number of rotatable bonds is 4. The quantitative estimate of drug-likeness (QED) is 0.704. The van der Waals surface area contributed by atoms with Crippen molar-refractivity contribution in [2.45, 2.75) is 64.1 Å². The number of amides is 1. The molecule has 2 aromatic rings. The molecular formula is C20H27BrN4O3. The van der Waals surface area contributed by atoms with Gasteiger partial charge in [0, 0.05) is 23.7 Å². The largest absolute Gasteiger partial charge is 0.495 e. The van der Waals surface area contributed by atoms with E-state index in [9.17, 15) is 4.79 Å². The van der Waals surface area contributed by atoms with Crippen LogP contribution in [-0.2, 0) is 4.74 Å². The van der Waals surface area contributed by atoms with E-state index in [0.717, 1.165) is 46.8 Å². The molecule has 2 unspecified atom stereocenters. The molecular weight excluding hydrogens is 424 g/mol. The van der Waals surface area contributed by atoms with Crippen molar-refractivity contribution in [2.24, 2.45) is 0 Å². The molecule has 2 atom stereocenters. The van der Waals surface area contributed by atoms with Crippen molar-refractivity contribution < 1.29 is 14.3 Å². The molecule has 1 heterocycles. The molecule has 1 aliphatic carbocycles. The van der Waals surface area contributed by atoms with Crippen LogP contribution >= 0.6 is 15.9 Å². The van der Waals surface area contributed by atoms with Gasteiger partial charge in [0.05, 0.1) is 23.1 Å². The highest BCUT2D eigenvalue weighted by molar-refractivity contribution is 9.10. The van der Waals surface area contributed by atoms with Crippen LogP contribution < -0.4 is 15.4 Å². The first kappa shape index (κ1) is 20.6. The minimum atomic E-state index is -0.517. The number of hydrogen-bond acceptors (Lipinski definition) is 6. The lowest BCUT2D eigenvalue weighted by Crippen LogP contribution is -2.50. The lowest BCUT2D eigenvalue weighted by molar-refractivity contribution is 0.0488. The van der Waals surface area contributed by atoms with Gasteiger partial charge in [-0.3, -0.25) is 0 Å². The number of alkyl carbamates (subject to hydrolysis) is 1. The van der Waals surface area contributed by atoms with E-state index in [-0.39, 0.29) is 18.2 Å². The zero-order chi connectivity index (χ0) is 20.3. The monoisotopic (exact) mass is 450 g/mol. The lowest BCUT2D eigenvalue weighted by Gasteiger charge is -2.33. The van der Waals surface area contributed by atoms with E-state index >= 15 is 0 Å². The number of carbonyl (C=O) groups excluding carboxylic acids is 1. The zero-order valence-corrected chi connectivity index (χ0v) is 18.3. The van der Waals surface area contributed by atoms with E-state index in [2.05, 4.69) is 36.5 Å². The second-order valence-corrected chi connectivity index (χ2v) is 8.88. The Labute approximate surface area is 173 Å². The van der Waals surface area contributed by atoms with Crippen LogP contribution in [0.1, 0.15) is 46.5 Å². The van der Waals surface area contributed by atoms with Gasteiger partial charge >= 0.3 is 6.09 Å². The summed E-state index contributed by atoms with van der Waals surface area (Å²) in [7, 11) is 1.63. The van der Waals surface area contributed by atoms with Crippen LogP contribution in [0, 0.1) is 0 Å². The number of ether oxygens (including phenoxy) is 2. The Bertz CT molecular complexity index is 853. The van der Waals surface area contributed by atoms with E-state index in [1.54, 1.807) is 13.3 Å². The fourth-order valence-corrected chi connectivity index (χ4v) is 3.88. The van der Waals surface area contributed by atoms with E-state index < -0.39 is 5.60 Å². The Morgan fingerprint density at radius 2 is 1.93 bits per heavy atom. The first-order valence-electron chi connectivity index (χ1n) is 9.51. The number of benzene rings is 1. The van der Waals surface area contributed by atoms with Crippen LogP contribution in [0.5, 0.6) is 5.75 Å². The average molecular weight is 451 g/mol. The van der Waals surface area contributed by atoms with Crippen molar-refractivity contribution in [3.8, 4) is 5.75 Å². The third kappa shape index (κ3) is 5.25. The molecule has 152 valence electrons. The molecule has 0 saturated heterocycles. The molecule has 1 amide bonds. The van der Waals surface area contributed by atoms with E-state index in [1.807, 2.05) is 32.9 Å². The SMILES string of the molecule is COc1cc2nc(NC3CCCCC3NC(=O)OC(C)(C)C)ncc2cc1Br. The molecule has 1 aromatic heterocycles. The Morgan fingerprint density at radius 1 is 1.21 bits per heavy atom. The first-order valence-corrected chi connectivity index (χ1v) is 10.3. The van der Waals surface area contributed by atoms with Crippen molar-refractivity contribution in [1.82, 2.24) is 15.3 Å². The Balaban J connectivity index is 1.74. The van der Waals surface area contributed by atoms with Crippen LogP contribution in [0.2, 0.25) is 0 Å². The maximum atomic E-state index is 12.2. The van der Waals surface area contributed by atoms with Gasteiger partial charge in [-0.25, -0.2) is 14.8 Å². The normalized spacial score (nSPS) is 19.9. The third-order valence-corrected chi connectivity index (χ3v) is 5.26. The lowest BCUT2D eigenvalue weighted by atomic mass is 9.90. The molecule has 0 spiro atoms. The van der Waals surface area contributed by atoms with Gasteiger partial charge < -0.3 is 20.1 Å². The number of carbonyl (C=O) groups is 1. The van der Waals surface area contributed by atoms with Crippen LogP contribution in [0.3, 0.4) is 0 Å². The number of halogens is 1. The maximum absolute atomic E-state index is 12.2. The maximum Gasteiger partial charge on any atom is 0.407 e. The number of nitrogens with zero attached hydrogens (tertiary/aromatic N) is 2. The summed E-state index contributed by atoms with van der Waals surface area (Å²) in [6.07, 6.45) is 5.39. The van der Waals surface area contributed by atoms with Crippen molar-refractivity contribution in [3.63, 3.8) is 0 Å². The van der Waals surface area contributed by atoms with Gasteiger partial charge in [-0.2, -0.15) is 0 Å². The summed E-state index contributed by atoms with van der Waals surface area (Å²) in [4.78, 5) is 21.3. The molecule has 8 heteroatoms. The number of nitrogens with one attached hydrogen (secondary N) is 2. The van der Waals surface area contributed by atoms with Crippen LogP contribution in [0.15, 0.2) is 22.8 Å². The molecule has 1 aromatic carbocycles. The summed E-state index contributed by atoms with van der Waals surface area (Å²) in [5, 5.41) is 7.32. The van der Waals surface area contributed by atoms with Crippen molar-refractivity contribution in [2.75, 3.05) is 12.4 Å². The standard InChI is InChI=1S/C20H27BrN4O3/c1-20(2,3)28-19(26)25-15-8-6-5-7-14(15)23-18-22-11-12-9-13(21)17(27-4)10-16(12)24-18/h9-11,14-15H,5-8H2,1-4H3,(H,25,26)(H,22,23,24). The molecule has 0 radical (unpaired) electrons. The molecule has 0 aliphatic heterocycles. The molecule has 1 saturated carbocycles. The molecule has 1 aliphatic rings. The fraction of sp³-hybridized carbons (Fsp3) is 0.550. The van der Waals surface area contributed by atoms with Crippen LogP contribution in [-0.4, -0.2) is 40.9 Å². The smallest absolute Gasteiger partial charge is 0.407 e. The zero-order valence-electron chi connectivity index (χ0n) is 16.7. The van der Waals surface area contributed by atoms with Gasteiger partial charge in [-0.1, -0.05) is 12.8 Å². The Kier molecular flexibility index (Phi) is 6.27. The van der Waals surface area contributed by atoms with Crippen molar-refractivity contribution in [3.05, 3.63) is 22.8 Å². The second-order valence-electron chi connectivity index (χ2n) is 8.03. The van der Waals surface area contributed by atoms with Gasteiger partial charge in [0.15, 0.2) is 0 Å². The molecule has 1 fully saturated rings. The van der Waals surface area contributed by atoms with Crippen molar-refractivity contribution in [1.29, 1.82) is 0 Å². The predicted octanol–water partition coefficient (Wildman–Crippen LogP) is 4.65. The summed E-state index contributed by atoms with van der Waals surface area (Å²) in [6.45, 7) is 5.58. The summed E-state index contributed by atoms with van der Waals surface area (Å²) in [5.41, 5.74) is 0.279. The highest BCUT2D eigenvalue weighted by Crippen LogP contribution is 2.30. The number of aromatic nitrogens is 2. The number of hydrogen-bond donors (Lipinski definition) is 2. The van der Waals surface area contributed by atoms with Crippen molar-refractivity contribution >= 4 is 38.9 Å². The predicted molar refractivity (Wildman–Crippen MR) is 113 cm³/mol. The van der Waals surface area contributed by atoms with Gasteiger partial charge in [0.2, 0.25) is 5.95 Å². The summed E-state index contributed by atoms with van der Waals surface area (Å²) in [6, 6.07) is 3.84. The molecule has 3 rings (SSSR count). The molecule has 28 heavy (non-hydrogen) atoms. The van der Waals surface area contributed by atoms with Crippen LogP contribution in [0.25, 0.3) is 10.9 Å². The second kappa shape index (κ2) is 8.51. The minimum absolute atomic E-state index is 0.0256. The minimum Gasteiger partial charge on any atom is -0.495 e. The Morgan fingerprint density at radius 3 is 2.61 bits per heavy atom. The summed E-state index contributed by atoms with van der Waals surface area (Å²) in [5.74, 6) is 1.26. The fourth-order valence-electron chi connectivity index (χ4n) is 3.36. The number of methoxy groups -OCH3 is 1. The van der Waals surface area contributed by atoms with Crippen LogP contribution in [0.4, 0.5) is 10.7 Å². The van der Waals surface area contributed by atoms with Gasteiger partial charge in [-0.05, 0) is 55.6 Å². The average Bonchev–Trinajstić information content (AvgIpc) is 2.61. The van der Waals surface area contributed by atoms with E-state index in [1.165, 1.54) is 0 Å². The molecule has 0 bridgehead atoms. The third-order valence-electron chi connectivity index (χ3n) is 4.64. The van der Waals surface area contributed by atoms with Gasteiger partial charge in [0.25, 0.3) is 0 Å². The van der Waals surface area contributed by atoms with E-state index in [0.29, 0.717) is 5.95 Å². The van der Waals surface area contributed by atoms with E-state index in [4.69, 9.17) is 9.47 Å². The summed E-state index contributed by atoms with van der Waals surface area (Å²) < 4.78 is 11.6. The Hall–Kier alpha value is -2.09. The number of fused-ring (bicyclic) bond motifs is 1. The molecule has 7 nitrogen and oxygen atoms in total. The van der Waals surface area contributed by atoms with Gasteiger partial charge in [-0.15, -0.1) is 0 Å². The number of anilines is 1. The summed E-state index contributed by atoms with van der Waals surface area (Å²) >= 11 is 3.48. The highest BCUT2D eigenvalue weighted by atomic mass is 79.9. The molecule has 2 N–H and O–H groups in total.